The summed E-state index contributed by atoms with van der Waals surface area (Å²) in [6, 6.07) is 6.73. The van der Waals surface area contributed by atoms with Crippen LogP contribution in [0.3, 0.4) is 0 Å². The Kier molecular flexibility index (Phi) is 4.89. The number of hydrogen-bond donors (Lipinski definition) is 0. The number of benzene rings is 1. The zero-order chi connectivity index (χ0) is 15.4. The van der Waals surface area contributed by atoms with Gasteiger partial charge in [0.25, 0.3) is 5.69 Å². The fourth-order valence-corrected chi connectivity index (χ4v) is 4.29. The molecule has 1 aromatic heterocycles. The lowest BCUT2D eigenvalue weighted by Crippen LogP contribution is -2.17. The lowest BCUT2D eigenvalue weighted by Gasteiger charge is -2.10. The highest BCUT2D eigenvalue weighted by atomic mass is 32.2. The van der Waals surface area contributed by atoms with Gasteiger partial charge in [-0.25, -0.2) is 0 Å². The van der Waals surface area contributed by atoms with Crippen LogP contribution in [0, 0.1) is 10.1 Å². The lowest BCUT2D eigenvalue weighted by molar-refractivity contribution is -0.384. The van der Waals surface area contributed by atoms with Gasteiger partial charge in [0.1, 0.15) is 0 Å². The number of anilines is 1. The van der Waals surface area contributed by atoms with Crippen molar-refractivity contribution in [3.05, 3.63) is 39.9 Å². The quantitative estimate of drug-likeness (QED) is 0.457. The largest absolute Gasteiger partial charge is 0.347 e. The molecule has 6 nitrogen and oxygen atoms in total. The van der Waals surface area contributed by atoms with E-state index >= 15 is 0 Å². The third-order valence-electron chi connectivity index (χ3n) is 3.54. The highest BCUT2D eigenvalue weighted by molar-refractivity contribution is 8.01. The SMILES string of the molecule is O=[N+]([O-])c1ccc(CCSc2nnc(N3CCCC3)s2)cc1. The van der Waals surface area contributed by atoms with Crippen LogP contribution in [-0.4, -0.2) is 34.0 Å². The molecular weight excluding hydrogens is 320 g/mol. The Labute approximate surface area is 136 Å². The minimum absolute atomic E-state index is 0.135. The zero-order valence-corrected chi connectivity index (χ0v) is 13.6. The normalized spacial score (nSPS) is 14.5. The van der Waals surface area contributed by atoms with Crippen LogP contribution in [0.2, 0.25) is 0 Å². The molecular formula is C14H16N4O2S2. The number of nitro benzene ring substituents is 1. The van der Waals surface area contributed by atoms with Gasteiger partial charge in [-0.3, -0.25) is 10.1 Å². The predicted octanol–water partition coefficient (Wildman–Crippen LogP) is 3.38. The first-order chi connectivity index (χ1) is 10.7. The molecule has 0 amide bonds. The average Bonchev–Trinajstić information content (AvgIpc) is 3.19. The minimum Gasteiger partial charge on any atom is -0.347 e. The number of aryl methyl sites for hydroxylation is 1. The van der Waals surface area contributed by atoms with Gasteiger partial charge in [0.2, 0.25) is 5.13 Å². The van der Waals surface area contributed by atoms with Crippen LogP contribution < -0.4 is 4.90 Å². The molecule has 2 aromatic rings. The van der Waals surface area contributed by atoms with Gasteiger partial charge in [0.05, 0.1) is 4.92 Å². The fourth-order valence-electron chi connectivity index (χ4n) is 2.34. The van der Waals surface area contributed by atoms with Gasteiger partial charge in [-0.1, -0.05) is 35.2 Å². The van der Waals surface area contributed by atoms with E-state index in [9.17, 15) is 10.1 Å². The van der Waals surface area contributed by atoms with Crippen LogP contribution in [-0.2, 0) is 6.42 Å². The molecule has 0 atom stereocenters. The van der Waals surface area contributed by atoms with Gasteiger partial charge >= 0.3 is 0 Å². The summed E-state index contributed by atoms with van der Waals surface area (Å²) in [7, 11) is 0. The van der Waals surface area contributed by atoms with E-state index < -0.39 is 0 Å². The van der Waals surface area contributed by atoms with Crippen molar-refractivity contribution < 1.29 is 4.92 Å². The maximum atomic E-state index is 10.6. The van der Waals surface area contributed by atoms with Gasteiger partial charge < -0.3 is 4.90 Å². The van der Waals surface area contributed by atoms with Crippen molar-refractivity contribution in [1.29, 1.82) is 0 Å². The third kappa shape index (κ3) is 3.75. The Morgan fingerprint density at radius 2 is 1.95 bits per heavy atom. The molecule has 2 heterocycles. The molecule has 0 unspecified atom stereocenters. The first-order valence-electron chi connectivity index (χ1n) is 7.17. The smallest absolute Gasteiger partial charge is 0.269 e. The van der Waals surface area contributed by atoms with Gasteiger partial charge in [-0.15, -0.1) is 10.2 Å². The van der Waals surface area contributed by atoms with Crippen molar-refractivity contribution >= 4 is 33.9 Å². The van der Waals surface area contributed by atoms with Crippen molar-refractivity contribution in [2.75, 3.05) is 23.7 Å². The van der Waals surface area contributed by atoms with Gasteiger partial charge in [-0.05, 0) is 24.8 Å². The van der Waals surface area contributed by atoms with E-state index in [2.05, 4.69) is 15.1 Å². The molecule has 0 N–H and O–H groups in total. The summed E-state index contributed by atoms with van der Waals surface area (Å²) in [6.07, 6.45) is 3.34. The molecule has 0 aliphatic carbocycles. The van der Waals surface area contributed by atoms with Gasteiger partial charge in [-0.2, -0.15) is 0 Å². The zero-order valence-electron chi connectivity index (χ0n) is 12.0. The van der Waals surface area contributed by atoms with Crippen molar-refractivity contribution in [2.45, 2.75) is 23.6 Å². The minimum atomic E-state index is -0.375. The van der Waals surface area contributed by atoms with Crippen LogP contribution in [0.4, 0.5) is 10.8 Å². The molecule has 3 rings (SSSR count). The summed E-state index contributed by atoms with van der Waals surface area (Å²) in [5, 5.41) is 20.1. The number of nitrogens with zero attached hydrogens (tertiary/aromatic N) is 4. The second-order valence-electron chi connectivity index (χ2n) is 5.07. The molecule has 1 fully saturated rings. The summed E-state index contributed by atoms with van der Waals surface area (Å²) in [5.74, 6) is 0.895. The summed E-state index contributed by atoms with van der Waals surface area (Å²) in [6.45, 7) is 2.17. The molecule has 1 aliphatic heterocycles. The summed E-state index contributed by atoms with van der Waals surface area (Å²) < 4.78 is 0.990. The third-order valence-corrected chi connectivity index (χ3v) is 5.65. The summed E-state index contributed by atoms with van der Waals surface area (Å²) in [4.78, 5) is 12.5. The van der Waals surface area contributed by atoms with Crippen LogP contribution in [0.1, 0.15) is 18.4 Å². The molecule has 1 saturated heterocycles. The first kappa shape index (κ1) is 15.2. The van der Waals surface area contributed by atoms with E-state index in [4.69, 9.17) is 0 Å². The highest BCUT2D eigenvalue weighted by Gasteiger charge is 2.16. The molecule has 22 heavy (non-hydrogen) atoms. The number of non-ortho nitro benzene ring substituents is 1. The van der Waals surface area contributed by atoms with E-state index in [-0.39, 0.29) is 10.6 Å². The van der Waals surface area contributed by atoms with Crippen molar-refractivity contribution in [2.24, 2.45) is 0 Å². The number of nitro groups is 1. The number of hydrogen-bond acceptors (Lipinski definition) is 7. The van der Waals surface area contributed by atoms with E-state index in [0.29, 0.717) is 0 Å². The monoisotopic (exact) mass is 336 g/mol. The molecule has 1 aromatic carbocycles. The van der Waals surface area contributed by atoms with Crippen molar-refractivity contribution in [1.82, 2.24) is 10.2 Å². The van der Waals surface area contributed by atoms with Crippen LogP contribution in [0.15, 0.2) is 28.6 Å². The Hall–Kier alpha value is -1.67. The standard InChI is InChI=1S/C14H16N4O2S2/c19-18(20)12-5-3-11(4-6-12)7-10-21-14-16-15-13(22-14)17-8-1-2-9-17/h3-6H,1-2,7-10H2. The summed E-state index contributed by atoms with van der Waals surface area (Å²) in [5.41, 5.74) is 1.23. The van der Waals surface area contributed by atoms with E-state index in [1.165, 1.54) is 12.8 Å². The molecule has 0 spiro atoms. The Morgan fingerprint density at radius 3 is 2.64 bits per heavy atom. The second-order valence-corrected chi connectivity index (χ2v) is 7.36. The van der Waals surface area contributed by atoms with Crippen LogP contribution >= 0.6 is 23.1 Å². The van der Waals surface area contributed by atoms with E-state index in [1.807, 2.05) is 12.1 Å². The first-order valence-corrected chi connectivity index (χ1v) is 8.97. The topological polar surface area (TPSA) is 72.2 Å². The molecule has 0 saturated carbocycles. The Balaban J connectivity index is 1.49. The maximum absolute atomic E-state index is 10.6. The number of rotatable bonds is 6. The molecule has 0 bridgehead atoms. The van der Waals surface area contributed by atoms with Crippen molar-refractivity contribution in [3.8, 4) is 0 Å². The van der Waals surface area contributed by atoms with Gasteiger partial charge in [0.15, 0.2) is 4.34 Å². The highest BCUT2D eigenvalue weighted by Crippen LogP contribution is 2.30. The number of aromatic nitrogens is 2. The second kappa shape index (κ2) is 7.06. The molecule has 8 heteroatoms. The maximum Gasteiger partial charge on any atom is 0.269 e. The number of thioether (sulfide) groups is 1. The average molecular weight is 336 g/mol. The van der Waals surface area contributed by atoms with Gasteiger partial charge in [0, 0.05) is 31.0 Å². The Bertz CT molecular complexity index is 639. The van der Waals surface area contributed by atoms with Crippen molar-refractivity contribution in [3.63, 3.8) is 0 Å². The predicted molar refractivity (Wildman–Crippen MR) is 88.9 cm³/mol. The van der Waals surface area contributed by atoms with E-state index in [0.717, 1.165) is 40.3 Å². The van der Waals surface area contributed by atoms with E-state index in [1.54, 1.807) is 35.2 Å². The lowest BCUT2D eigenvalue weighted by atomic mass is 10.1. The van der Waals surface area contributed by atoms with Crippen LogP contribution in [0.25, 0.3) is 0 Å². The van der Waals surface area contributed by atoms with Crippen LogP contribution in [0.5, 0.6) is 0 Å². The fraction of sp³-hybridized carbons (Fsp3) is 0.429. The molecule has 0 radical (unpaired) electrons. The Morgan fingerprint density at radius 1 is 1.23 bits per heavy atom. The summed E-state index contributed by atoms with van der Waals surface area (Å²) >= 11 is 3.34. The molecule has 116 valence electrons. The molecule has 1 aliphatic rings.